The molecule has 5 nitrogen and oxygen atoms in total. The SMILES string of the molecule is Cc1ncn2c1Cn1ncnc1-c1ccccc1-2. The van der Waals surface area contributed by atoms with Gasteiger partial charge in [-0.25, -0.2) is 14.6 Å². The van der Waals surface area contributed by atoms with Crippen LogP contribution in [0.3, 0.4) is 0 Å². The van der Waals surface area contributed by atoms with E-state index in [4.69, 9.17) is 0 Å². The van der Waals surface area contributed by atoms with Gasteiger partial charge in [-0.15, -0.1) is 0 Å². The molecule has 0 N–H and O–H groups in total. The van der Waals surface area contributed by atoms with Crippen molar-refractivity contribution in [2.45, 2.75) is 13.5 Å². The van der Waals surface area contributed by atoms with Crippen LogP contribution in [0, 0.1) is 6.92 Å². The fraction of sp³-hybridized carbons (Fsp3) is 0.154. The van der Waals surface area contributed by atoms with Crippen LogP contribution < -0.4 is 0 Å². The number of rotatable bonds is 0. The molecule has 0 amide bonds. The number of aryl methyl sites for hydroxylation is 1. The van der Waals surface area contributed by atoms with Crippen molar-refractivity contribution in [3.63, 3.8) is 0 Å². The van der Waals surface area contributed by atoms with Crippen LogP contribution in [0.25, 0.3) is 17.1 Å². The van der Waals surface area contributed by atoms with Gasteiger partial charge in [0, 0.05) is 5.56 Å². The quantitative estimate of drug-likeness (QED) is 0.468. The molecule has 88 valence electrons. The normalized spacial score (nSPS) is 12.5. The topological polar surface area (TPSA) is 48.5 Å². The lowest BCUT2D eigenvalue weighted by molar-refractivity contribution is 0.674. The molecule has 3 heterocycles. The van der Waals surface area contributed by atoms with E-state index in [1.807, 2.05) is 30.1 Å². The fourth-order valence-corrected chi connectivity index (χ4v) is 2.46. The summed E-state index contributed by atoms with van der Waals surface area (Å²) in [6.07, 6.45) is 3.48. The van der Waals surface area contributed by atoms with Crippen LogP contribution in [0.1, 0.15) is 11.4 Å². The third-order valence-electron chi connectivity index (χ3n) is 3.39. The third kappa shape index (κ3) is 1.13. The molecule has 0 saturated carbocycles. The first-order valence-corrected chi connectivity index (χ1v) is 5.85. The first-order chi connectivity index (χ1) is 8.84. The van der Waals surface area contributed by atoms with Crippen LogP contribution in [0.2, 0.25) is 0 Å². The van der Waals surface area contributed by atoms with Crippen molar-refractivity contribution in [3.8, 4) is 17.1 Å². The van der Waals surface area contributed by atoms with E-state index in [0.717, 1.165) is 28.5 Å². The van der Waals surface area contributed by atoms with Gasteiger partial charge in [-0.3, -0.25) is 0 Å². The van der Waals surface area contributed by atoms with E-state index < -0.39 is 0 Å². The second-order valence-corrected chi connectivity index (χ2v) is 4.41. The highest BCUT2D eigenvalue weighted by Crippen LogP contribution is 2.30. The zero-order chi connectivity index (χ0) is 12.1. The average Bonchev–Trinajstić information content (AvgIpc) is 2.96. The Balaban J connectivity index is 2.14. The Kier molecular flexibility index (Phi) is 1.75. The zero-order valence-electron chi connectivity index (χ0n) is 9.91. The van der Waals surface area contributed by atoms with Gasteiger partial charge in [0.25, 0.3) is 0 Å². The van der Waals surface area contributed by atoms with Crippen LogP contribution in [-0.2, 0) is 6.54 Å². The summed E-state index contributed by atoms with van der Waals surface area (Å²) >= 11 is 0. The number of nitrogens with zero attached hydrogens (tertiary/aromatic N) is 5. The van der Waals surface area contributed by atoms with Crippen molar-refractivity contribution in [2.24, 2.45) is 0 Å². The van der Waals surface area contributed by atoms with Crippen LogP contribution >= 0.6 is 0 Å². The number of para-hydroxylation sites is 1. The fourth-order valence-electron chi connectivity index (χ4n) is 2.46. The zero-order valence-corrected chi connectivity index (χ0v) is 9.91. The minimum Gasteiger partial charge on any atom is -0.300 e. The van der Waals surface area contributed by atoms with E-state index in [2.05, 4.69) is 31.8 Å². The molecule has 1 aliphatic rings. The van der Waals surface area contributed by atoms with E-state index in [1.54, 1.807) is 6.33 Å². The molecule has 0 spiro atoms. The van der Waals surface area contributed by atoms with Crippen LogP contribution in [-0.4, -0.2) is 24.3 Å². The van der Waals surface area contributed by atoms with Gasteiger partial charge in [0.1, 0.15) is 6.33 Å². The molecule has 0 aliphatic carbocycles. The highest BCUT2D eigenvalue weighted by molar-refractivity contribution is 5.68. The first kappa shape index (κ1) is 9.58. The van der Waals surface area contributed by atoms with Crippen molar-refractivity contribution in [3.05, 3.63) is 48.3 Å². The monoisotopic (exact) mass is 237 g/mol. The van der Waals surface area contributed by atoms with Gasteiger partial charge in [-0.05, 0) is 19.1 Å². The van der Waals surface area contributed by atoms with E-state index in [-0.39, 0.29) is 0 Å². The molecule has 0 bridgehead atoms. The first-order valence-electron chi connectivity index (χ1n) is 5.85. The van der Waals surface area contributed by atoms with Gasteiger partial charge in [0.15, 0.2) is 5.82 Å². The Morgan fingerprint density at radius 1 is 1.17 bits per heavy atom. The molecule has 0 unspecified atom stereocenters. The number of benzene rings is 1. The van der Waals surface area contributed by atoms with Crippen molar-refractivity contribution >= 4 is 0 Å². The molecule has 18 heavy (non-hydrogen) atoms. The Hall–Kier alpha value is -2.43. The molecular formula is C13H11N5. The maximum atomic E-state index is 4.40. The van der Waals surface area contributed by atoms with E-state index in [1.165, 1.54) is 0 Å². The number of hydrogen-bond acceptors (Lipinski definition) is 3. The summed E-state index contributed by atoms with van der Waals surface area (Å²) in [6.45, 7) is 2.73. The standard InChI is InChI=1S/C13H11N5/c1-9-12-6-18-13(14-7-16-18)10-4-2-3-5-11(10)17(12)8-15-9/h2-5,7-8H,6H2,1H3. The largest absolute Gasteiger partial charge is 0.300 e. The molecule has 0 saturated heterocycles. The summed E-state index contributed by atoms with van der Waals surface area (Å²) in [5.74, 6) is 0.911. The molecule has 4 rings (SSSR count). The average molecular weight is 237 g/mol. The number of fused-ring (bicyclic) bond motifs is 5. The molecule has 1 aromatic carbocycles. The predicted octanol–water partition coefficient (Wildman–Crippen LogP) is 1.80. The van der Waals surface area contributed by atoms with E-state index >= 15 is 0 Å². The van der Waals surface area contributed by atoms with Crippen molar-refractivity contribution in [1.82, 2.24) is 24.3 Å². The van der Waals surface area contributed by atoms with E-state index in [0.29, 0.717) is 6.54 Å². The maximum Gasteiger partial charge on any atom is 0.160 e. The highest BCUT2D eigenvalue weighted by atomic mass is 15.3. The lowest BCUT2D eigenvalue weighted by Gasteiger charge is -2.07. The number of imidazole rings is 1. The van der Waals surface area contributed by atoms with Crippen molar-refractivity contribution < 1.29 is 0 Å². The number of aromatic nitrogens is 5. The van der Waals surface area contributed by atoms with Gasteiger partial charge in [0.05, 0.1) is 29.9 Å². The molecule has 0 radical (unpaired) electrons. The summed E-state index contributed by atoms with van der Waals surface area (Å²) in [4.78, 5) is 8.77. The lowest BCUT2D eigenvalue weighted by atomic mass is 10.1. The van der Waals surface area contributed by atoms with E-state index in [9.17, 15) is 0 Å². The van der Waals surface area contributed by atoms with Crippen molar-refractivity contribution in [1.29, 1.82) is 0 Å². The van der Waals surface area contributed by atoms with Crippen LogP contribution in [0.5, 0.6) is 0 Å². The molecule has 2 aromatic heterocycles. The van der Waals surface area contributed by atoms with Crippen LogP contribution in [0.4, 0.5) is 0 Å². The minimum absolute atomic E-state index is 0.704. The van der Waals surface area contributed by atoms with Crippen LogP contribution in [0.15, 0.2) is 36.9 Å². The maximum absolute atomic E-state index is 4.40. The Bertz CT molecular complexity index is 737. The Labute approximate surface area is 104 Å². The minimum atomic E-state index is 0.704. The molecule has 0 fully saturated rings. The molecule has 0 atom stereocenters. The highest BCUT2D eigenvalue weighted by Gasteiger charge is 2.21. The molecular weight excluding hydrogens is 226 g/mol. The summed E-state index contributed by atoms with van der Waals surface area (Å²) in [6, 6.07) is 8.21. The second kappa shape index (κ2) is 3.29. The third-order valence-corrected chi connectivity index (χ3v) is 3.39. The van der Waals surface area contributed by atoms with Crippen molar-refractivity contribution in [2.75, 3.05) is 0 Å². The molecule has 1 aliphatic heterocycles. The summed E-state index contributed by atoms with van der Waals surface area (Å²) in [5, 5.41) is 4.30. The summed E-state index contributed by atoms with van der Waals surface area (Å²) in [7, 11) is 0. The Morgan fingerprint density at radius 2 is 2.06 bits per heavy atom. The molecule has 3 aromatic rings. The second-order valence-electron chi connectivity index (χ2n) is 4.41. The predicted molar refractivity (Wildman–Crippen MR) is 66.4 cm³/mol. The summed E-state index contributed by atoms with van der Waals surface area (Å²) < 4.78 is 4.05. The van der Waals surface area contributed by atoms with Gasteiger partial charge < -0.3 is 4.57 Å². The van der Waals surface area contributed by atoms with Gasteiger partial charge in [-0.2, -0.15) is 5.10 Å². The number of hydrogen-bond donors (Lipinski definition) is 0. The smallest absolute Gasteiger partial charge is 0.160 e. The Morgan fingerprint density at radius 3 is 3.00 bits per heavy atom. The van der Waals surface area contributed by atoms with Gasteiger partial charge in [0.2, 0.25) is 0 Å². The van der Waals surface area contributed by atoms with Gasteiger partial charge in [-0.1, -0.05) is 12.1 Å². The summed E-state index contributed by atoms with van der Waals surface area (Å²) in [5.41, 5.74) is 4.39. The van der Waals surface area contributed by atoms with Gasteiger partial charge >= 0.3 is 0 Å². The molecule has 5 heteroatoms. The lowest BCUT2D eigenvalue weighted by Crippen LogP contribution is -2.05.